The quantitative estimate of drug-likeness (QED) is 0.275. The van der Waals surface area contributed by atoms with E-state index < -0.39 is 26.6 Å². The van der Waals surface area contributed by atoms with Crippen molar-refractivity contribution in [3.63, 3.8) is 0 Å². The highest BCUT2D eigenvalue weighted by molar-refractivity contribution is 7.73. The molecule has 0 unspecified atom stereocenters. The van der Waals surface area contributed by atoms with Crippen LogP contribution in [0.2, 0.25) is 0 Å². The zero-order valence-corrected chi connectivity index (χ0v) is 7.22. The fraction of sp³-hybridized carbons (Fsp3) is 0.500. The molecule has 0 aromatic heterocycles. The molecule has 0 atom stereocenters. The fourth-order valence-electron chi connectivity index (χ4n) is 0.307. The van der Waals surface area contributed by atoms with Crippen LogP contribution in [-0.4, -0.2) is 36.0 Å². The molecule has 0 aromatic carbocycles. The van der Waals surface area contributed by atoms with Gasteiger partial charge in [-0.1, -0.05) is 0 Å². The third-order valence-electron chi connectivity index (χ3n) is 1.02. The van der Waals surface area contributed by atoms with E-state index in [2.05, 4.69) is 0 Å². The summed E-state index contributed by atoms with van der Waals surface area (Å²) >= 11 is 0. The fourth-order valence-corrected chi connectivity index (χ4v) is 1.94. The number of carbonyl (C=O) groups excluding carboxylic acids is 1. The Labute approximate surface area is 66.2 Å². The van der Waals surface area contributed by atoms with Gasteiger partial charge in [-0.05, 0) is 0 Å². The molecule has 0 radical (unpaired) electrons. The van der Waals surface area contributed by atoms with Gasteiger partial charge in [0.1, 0.15) is 0 Å². The third-order valence-corrected chi connectivity index (χ3v) is 4.50. The minimum atomic E-state index is -5.58. The Balaban J connectivity index is 5.40. The van der Waals surface area contributed by atoms with Gasteiger partial charge in [-0.3, -0.25) is 13.9 Å². The van der Waals surface area contributed by atoms with Gasteiger partial charge in [-0.2, -0.15) is 0 Å². The van der Waals surface area contributed by atoms with Crippen LogP contribution in [0.1, 0.15) is 0 Å². The van der Waals surface area contributed by atoms with Crippen LogP contribution in [0.3, 0.4) is 0 Å². The lowest BCUT2D eigenvalue weighted by Crippen LogP contribution is -2.30. The van der Waals surface area contributed by atoms with Crippen molar-refractivity contribution in [3.05, 3.63) is 0 Å². The van der Waals surface area contributed by atoms with Crippen molar-refractivity contribution < 1.29 is 38.6 Å². The van der Waals surface area contributed by atoms with E-state index in [1.165, 1.54) is 0 Å². The largest absolute Gasteiger partial charge is 0.377 e. The molecule has 0 aliphatic carbocycles. The Bertz CT molecular complexity index is 247. The van der Waals surface area contributed by atoms with Crippen LogP contribution in [-0.2, 0) is 13.9 Å². The summed E-state index contributed by atoms with van der Waals surface area (Å²) < 4.78 is 20.5. The highest BCUT2D eigenvalue weighted by atomic mass is 31.2. The maximum atomic E-state index is 10.3. The van der Waals surface area contributed by atoms with E-state index in [-0.39, 0.29) is 0 Å². The summed E-state index contributed by atoms with van der Waals surface area (Å²) in [6.45, 7) is 0. The maximum Gasteiger partial charge on any atom is 0.377 e. The molecule has 0 aromatic rings. The molecule has 0 amide bonds. The molecule has 0 saturated heterocycles. The van der Waals surface area contributed by atoms with Crippen LogP contribution in [0, 0.1) is 0 Å². The van der Waals surface area contributed by atoms with E-state index in [1.54, 1.807) is 0 Å². The molecule has 0 fully saturated rings. The summed E-state index contributed by atoms with van der Waals surface area (Å²) in [6, 6.07) is 0. The number of rotatable bonds is 3. The molecule has 5 N–H and O–H groups in total. The van der Waals surface area contributed by atoms with Crippen LogP contribution in [0.5, 0.6) is 0 Å². The number of carbonyl (C=O) groups is 1. The summed E-state index contributed by atoms with van der Waals surface area (Å²) in [5, 5.41) is 4.67. The molecule has 72 valence electrons. The zero-order chi connectivity index (χ0) is 10.2. The molecular weight excluding hydrogens is 214 g/mol. The number of aliphatic hydroxyl groups is 1. The SMILES string of the molecule is O=CC(O)(P(=O)(O)O)P(=O)(O)O. The van der Waals surface area contributed by atoms with Gasteiger partial charge >= 0.3 is 20.3 Å². The minimum Gasteiger partial charge on any atom is -0.362 e. The summed E-state index contributed by atoms with van der Waals surface area (Å²) in [5.41, 5.74) is 0. The van der Waals surface area contributed by atoms with Crippen molar-refractivity contribution in [1.29, 1.82) is 0 Å². The van der Waals surface area contributed by atoms with Crippen molar-refractivity contribution in [2.75, 3.05) is 0 Å². The van der Waals surface area contributed by atoms with Crippen molar-refractivity contribution in [2.45, 2.75) is 5.08 Å². The first-order chi connectivity index (χ1) is 5.06. The van der Waals surface area contributed by atoms with E-state index in [4.69, 9.17) is 24.7 Å². The average molecular weight is 220 g/mol. The van der Waals surface area contributed by atoms with Gasteiger partial charge < -0.3 is 24.7 Å². The Hall–Kier alpha value is -0.0700. The van der Waals surface area contributed by atoms with E-state index in [0.717, 1.165) is 0 Å². The Kier molecular flexibility index (Phi) is 2.99. The molecule has 0 aliphatic heterocycles. The monoisotopic (exact) mass is 220 g/mol. The second kappa shape index (κ2) is 3.01. The maximum absolute atomic E-state index is 10.3. The third kappa shape index (κ3) is 1.81. The molecule has 10 heteroatoms. The highest BCUT2D eigenvalue weighted by Gasteiger charge is 2.59. The smallest absolute Gasteiger partial charge is 0.362 e. The number of aldehydes is 1. The first-order valence-corrected chi connectivity index (χ1v) is 5.59. The summed E-state index contributed by atoms with van der Waals surface area (Å²) in [7, 11) is -11.2. The van der Waals surface area contributed by atoms with Crippen molar-refractivity contribution in [2.24, 2.45) is 0 Å². The molecule has 0 rings (SSSR count). The van der Waals surface area contributed by atoms with Gasteiger partial charge in [-0.15, -0.1) is 0 Å². The van der Waals surface area contributed by atoms with Gasteiger partial charge in [-0.25, -0.2) is 0 Å². The first kappa shape index (κ1) is 11.9. The van der Waals surface area contributed by atoms with Gasteiger partial charge in [0, 0.05) is 0 Å². The van der Waals surface area contributed by atoms with Gasteiger partial charge in [0.2, 0.25) is 0 Å². The number of hydrogen-bond acceptors (Lipinski definition) is 4. The summed E-state index contributed by atoms with van der Waals surface area (Å²) in [6.07, 6.45) is -0.867. The second-order valence-corrected chi connectivity index (χ2v) is 5.79. The molecular formula is C2H6O8P2. The van der Waals surface area contributed by atoms with Crippen molar-refractivity contribution in [3.8, 4) is 0 Å². The minimum absolute atomic E-state index is 0.867. The molecule has 0 heterocycles. The van der Waals surface area contributed by atoms with Crippen LogP contribution in [0.4, 0.5) is 0 Å². The standard InChI is InChI=1S/C2H6O8P2/c3-1-2(4,11(5,6)7)12(8,9)10/h1,4H,(H2,5,6,7)(H2,8,9,10). The predicted octanol–water partition coefficient (Wildman–Crippen LogP) is -1.81. The molecule has 0 bridgehead atoms. The van der Waals surface area contributed by atoms with Gasteiger partial charge in [0.05, 0.1) is 0 Å². The highest BCUT2D eigenvalue weighted by Crippen LogP contribution is 2.66. The Morgan fingerprint density at radius 1 is 1.00 bits per heavy atom. The molecule has 0 aliphatic rings. The first-order valence-electron chi connectivity index (χ1n) is 2.36. The van der Waals surface area contributed by atoms with E-state index in [0.29, 0.717) is 0 Å². The molecule has 0 spiro atoms. The van der Waals surface area contributed by atoms with Gasteiger partial charge in [0.15, 0.2) is 6.29 Å². The zero-order valence-electron chi connectivity index (χ0n) is 5.43. The Morgan fingerprint density at radius 3 is 1.25 bits per heavy atom. The van der Waals surface area contributed by atoms with Crippen molar-refractivity contribution >= 4 is 21.5 Å². The molecule has 8 nitrogen and oxygen atoms in total. The normalized spacial score (nSPS) is 14.4. The van der Waals surface area contributed by atoms with Crippen LogP contribution in [0.25, 0.3) is 0 Å². The predicted molar refractivity (Wildman–Crippen MR) is 35.1 cm³/mol. The lowest BCUT2D eigenvalue weighted by molar-refractivity contribution is -0.114. The molecule has 12 heavy (non-hydrogen) atoms. The Morgan fingerprint density at radius 2 is 1.25 bits per heavy atom. The van der Waals surface area contributed by atoms with E-state index in [1.807, 2.05) is 0 Å². The van der Waals surface area contributed by atoms with E-state index in [9.17, 15) is 13.9 Å². The van der Waals surface area contributed by atoms with Crippen LogP contribution in [0.15, 0.2) is 0 Å². The average Bonchev–Trinajstić information content (AvgIpc) is 1.81. The van der Waals surface area contributed by atoms with Crippen molar-refractivity contribution in [1.82, 2.24) is 0 Å². The number of hydrogen-bond donors (Lipinski definition) is 5. The molecule has 0 saturated carbocycles. The lowest BCUT2D eigenvalue weighted by atomic mass is 10.8. The summed E-state index contributed by atoms with van der Waals surface area (Å²) in [4.78, 5) is 42.7. The second-order valence-electron chi connectivity index (χ2n) is 1.89. The van der Waals surface area contributed by atoms with Crippen LogP contribution < -0.4 is 0 Å². The van der Waals surface area contributed by atoms with Gasteiger partial charge in [0.25, 0.3) is 0 Å². The van der Waals surface area contributed by atoms with Crippen LogP contribution >= 0.6 is 15.2 Å². The lowest BCUT2D eigenvalue weighted by Gasteiger charge is -2.22. The summed E-state index contributed by atoms with van der Waals surface area (Å²) in [5.74, 6) is 0. The topological polar surface area (TPSA) is 152 Å². The van der Waals surface area contributed by atoms with E-state index >= 15 is 0 Å².